The van der Waals surface area contributed by atoms with Crippen LogP contribution in [0.5, 0.6) is 5.75 Å². The number of benzene rings is 1. The van der Waals surface area contributed by atoms with Gasteiger partial charge in [0, 0.05) is 27.6 Å². The van der Waals surface area contributed by atoms with Crippen LogP contribution in [-0.4, -0.2) is 69.2 Å². The van der Waals surface area contributed by atoms with Crippen molar-refractivity contribution in [3.8, 4) is 5.75 Å². The van der Waals surface area contributed by atoms with Gasteiger partial charge in [0.25, 0.3) is 0 Å². The molecule has 2 aliphatic rings. The fourth-order valence-corrected chi connectivity index (χ4v) is 4.31. The van der Waals surface area contributed by atoms with Crippen LogP contribution in [0.1, 0.15) is 32.3 Å². The molecule has 10 nitrogen and oxygen atoms in total. The van der Waals surface area contributed by atoms with Crippen molar-refractivity contribution in [3.63, 3.8) is 0 Å². The van der Waals surface area contributed by atoms with Crippen LogP contribution in [-0.2, 0) is 14.9 Å². The van der Waals surface area contributed by atoms with Crippen molar-refractivity contribution in [1.29, 1.82) is 0 Å². The number of aromatic hydroxyl groups is 1. The predicted octanol–water partition coefficient (Wildman–Crippen LogP) is 1.86. The van der Waals surface area contributed by atoms with Gasteiger partial charge in [-0.05, 0) is 31.6 Å². The Bertz CT molecular complexity index is 1080. The number of hydrogen-bond acceptors (Lipinski definition) is 7. The summed E-state index contributed by atoms with van der Waals surface area (Å²) < 4.78 is 36.1. The van der Waals surface area contributed by atoms with E-state index in [4.69, 9.17) is 4.74 Å². The Morgan fingerprint density at radius 3 is 2.77 bits per heavy atom. The third-order valence-electron chi connectivity index (χ3n) is 4.94. The van der Waals surface area contributed by atoms with Crippen molar-refractivity contribution in [2.45, 2.75) is 38.8 Å². The Morgan fingerprint density at radius 2 is 2.19 bits per heavy atom. The number of anilines is 1. The van der Waals surface area contributed by atoms with E-state index in [0.29, 0.717) is 24.2 Å². The van der Waals surface area contributed by atoms with Crippen LogP contribution in [0.3, 0.4) is 0 Å². The summed E-state index contributed by atoms with van der Waals surface area (Å²) in [6.45, 7) is 3.84. The molecule has 0 fully saturated rings. The number of amidine groups is 3. The zero-order valence-electron chi connectivity index (χ0n) is 18.2. The van der Waals surface area contributed by atoms with Gasteiger partial charge in [0.1, 0.15) is 17.7 Å². The SMILES string of the molecule is CC[C@@H](N=C1NS(=O)(=O)N=C1Nc1cccc(C(=NC)N(C)C)c1O)C1CC=C(C)O1. The van der Waals surface area contributed by atoms with Crippen LogP contribution in [0.4, 0.5) is 5.69 Å². The summed E-state index contributed by atoms with van der Waals surface area (Å²) in [7, 11) is 1.33. The molecule has 0 aliphatic carbocycles. The Morgan fingerprint density at radius 1 is 1.45 bits per heavy atom. The van der Waals surface area contributed by atoms with Crippen molar-refractivity contribution in [2.75, 3.05) is 26.5 Å². The minimum atomic E-state index is -3.93. The molecule has 0 saturated heterocycles. The predicted molar refractivity (Wildman–Crippen MR) is 122 cm³/mol. The van der Waals surface area contributed by atoms with Crippen LogP contribution in [0.15, 0.2) is 44.4 Å². The second kappa shape index (κ2) is 8.96. The van der Waals surface area contributed by atoms with Gasteiger partial charge in [0.15, 0.2) is 11.7 Å². The minimum absolute atomic E-state index is 0.00779. The second-order valence-corrected chi connectivity index (χ2v) is 8.78. The molecule has 2 heterocycles. The number of aliphatic imine (C=N–C) groups is 2. The molecule has 0 saturated carbocycles. The summed E-state index contributed by atoms with van der Waals surface area (Å²) >= 11 is 0. The van der Waals surface area contributed by atoms with Crippen molar-refractivity contribution >= 4 is 33.4 Å². The molecule has 0 radical (unpaired) electrons. The van der Waals surface area contributed by atoms with E-state index in [1.807, 2.05) is 34.0 Å². The molecule has 0 bridgehead atoms. The highest BCUT2D eigenvalue weighted by molar-refractivity contribution is 7.89. The zero-order valence-corrected chi connectivity index (χ0v) is 19.1. The Hall–Kier alpha value is -3.08. The van der Waals surface area contributed by atoms with E-state index in [0.717, 1.165) is 5.76 Å². The van der Waals surface area contributed by atoms with Gasteiger partial charge in [-0.15, -0.1) is 4.40 Å². The molecule has 31 heavy (non-hydrogen) atoms. The molecular formula is C20H28N6O4S. The summed E-state index contributed by atoms with van der Waals surface area (Å²) in [5.74, 6) is 1.42. The Kier molecular flexibility index (Phi) is 6.54. The smallest absolute Gasteiger partial charge is 0.345 e. The summed E-state index contributed by atoms with van der Waals surface area (Å²) in [4.78, 5) is 10.6. The lowest BCUT2D eigenvalue weighted by Crippen LogP contribution is -2.34. The van der Waals surface area contributed by atoms with Gasteiger partial charge in [-0.2, -0.15) is 8.42 Å². The van der Waals surface area contributed by atoms with Gasteiger partial charge in [-0.3, -0.25) is 9.98 Å². The first-order valence-corrected chi connectivity index (χ1v) is 11.4. The monoisotopic (exact) mass is 448 g/mol. The molecule has 1 aromatic carbocycles. The number of para-hydroxylation sites is 1. The number of phenols is 1. The van der Waals surface area contributed by atoms with Gasteiger partial charge in [0.2, 0.25) is 0 Å². The van der Waals surface area contributed by atoms with E-state index in [1.165, 1.54) is 0 Å². The molecule has 3 N–H and O–H groups in total. The second-order valence-electron chi connectivity index (χ2n) is 7.45. The fraction of sp³-hybridized carbons (Fsp3) is 0.450. The summed E-state index contributed by atoms with van der Waals surface area (Å²) in [5, 5.41) is 13.7. The third-order valence-corrected chi connectivity index (χ3v) is 5.82. The molecule has 11 heteroatoms. The normalized spacial score (nSPS) is 22.4. The van der Waals surface area contributed by atoms with E-state index >= 15 is 0 Å². The number of phenolic OH excluding ortho intramolecular Hbond substituents is 1. The van der Waals surface area contributed by atoms with Crippen LogP contribution in [0, 0.1) is 0 Å². The molecule has 3 rings (SSSR count). The quantitative estimate of drug-likeness (QED) is 0.358. The van der Waals surface area contributed by atoms with Gasteiger partial charge in [-0.25, -0.2) is 4.72 Å². The molecule has 1 aromatic rings. The van der Waals surface area contributed by atoms with Gasteiger partial charge < -0.3 is 20.1 Å². The standard InChI is InChI=1S/C20H28N6O4S/c1-6-14(16-11-10-12(2)30-16)22-18-19(25-31(28,29)24-18)23-15-9-7-8-13(17(15)27)20(21-3)26(4)5/h7-10,14,16,27H,6,11H2,1-5H3,(H,22,24)(H,23,25)/t14-,16?/m1/s1. The average molecular weight is 449 g/mol. The van der Waals surface area contributed by atoms with Crippen molar-refractivity contribution in [1.82, 2.24) is 9.62 Å². The first kappa shape index (κ1) is 22.6. The summed E-state index contributed by atoms with van der Waals surface area (Å²) in [6, 6.07) is 4.82. The maximum absolute atomic E-state index is 12.1. The summed E-state index contributed by atoms with van der Waals surface area (Å²) in [6.07, 6.45) is 3.19. The lowest BCUT2D eigenvalue weighted by Gasteiger charge is -2.20. The number of hydrogen-bond donors (Lipinski definition) is 3. The molecule has 1 unspecified atom stereocenters. The first-order valence-electron chi connectivity index (χ1n) is 9.93. The largest absolute Gasteiger partial charge is 0.505 e. The van der Waals surface area contributed by atoms with Gasteiger partial charge in [-0.1, -0.05) is 13.0 Å². The molecule has 0 amide bonds. The molecule has 2 aliphatic heterocycles. The van der Waals surface area contributed by atoms with E-state index in [-0.39, 0.29) is 35.3 Å². The van der Waals surface area contributed by atoms with Crippen molar-refractivity contribution in [3.05, 3.63) is 35.6 Å². The number of nitrogens with zero attached hydrogens (tertiary/aromatic N) is 4. The maximum atomic E-state index is 12.1. The highest BCUT2D eigenvalue weighted by Crippen LogP contribution is 2.29. The molecule has 0 aromatic heterocycles. The topological polar surface area (TPSA) is 128 Å². The van der Waals surface area contributed by atoms with Crippen LogP contribution >= 0.6 is 0 Å². The number of rotatable bonds is 5. The fourth-order valence-electron chi connectivity index (χ4n) is 3.50. The lowest BCUT2D eigenvalue weighted by atomic mass is 10.1. The lowest BCUT2D eigenvalue weighted by molar-refractivity contribution is 0.119. The Balaban J connectivity index is 1.92. The highest BCUT2D eigenvalue weighted by atomic mass is 32.2. The van der Waals surface area contributed by atoms with Crippen LogP contribution in [0.25, 0.3) is 0 Å². The number of ether oxygens (including phenoxy) is 1. The zero-order chi connectivity index (χ0) is 22.8. The highest BCUT2D eigenvalue weighted by Gasteiger charge is 2.31. The molecule has 0 spiro atoms. The Labute approximate surface area is 182 Å². The maximum Gasteiger partial charge on any atom is 0.345 e. The molecule has 2 atom stereocenters. The average Bonchev–Trinajstić information content (AvgIpc) is 3.25. The van der Waals surface area contributed by atoms with Gasteiger partial charge >= 0.3 is 10.2 Å². The number of allylic oxidation sites excluding steroid dienone is 1. The van der Waals surface area contributed by atoms with E-state index in [1.54, 1.807) is 30.1 Å². The number of nitrogens with one attached hydrogen (secondary N) is 2. The molecule has 168 valence electrons. The van der Waals surface area contributed by atoms with Crippen LogP contribution < -0.4 is 10.0 Å². The third kappa shape index (κ3) is 4.98. The first-order chi connectivity index (χ1) is 14.6. The van der Waals surface area contributed by atoms with Crippen molar-refractivity contribution in [2.24, 2.45) is 14.4 Å². The summed E-state index contributed by atoms with van der Waals surface area (Å²) in [5.41, 5.74) is 0.784. The van der Waals surface area contributed by atoms with E-state index < -0.39 is 10.2 Å². The van der Waals surface area contributed by atoms with Crippen LogP contribution in [0.2, 0.25) is 0 Å². The minimum Gasteiger partial charge on any atom is -0.505 e. The van der Waals surface area contributed by atoms with E-state index in [9.17, 15) is 13.5 Å². The molecular weight excluding hydrogens is 420 g/mol. The van der Waals surface area contributed by atoms with Crippen molar-refractivity contribution < 1.29 is 18.3 Å². The van der Waals surface area contributed by atoms with Gasteiger partial charge in [0.05, 0.1) is 23.1 Å². The van der Waals surface area contributed by atoms with E-state index in [2.05, 4.69) is 24.4 Å².